The summed E-state index contributed by atoms with van der Waals surface area (Å²) < 4.78 is 5.29. The first-order valence-electron chi connectivity index (χ1n) is 5.21. The van der Waals surface area contributed by atoms with Crippen LogP contribution in [0, 0.1) is 0 Å². The van der Waals surface area contributed by atoms with Gasteiger partial charge in [0.15, 0.2) is 0 Å². The maximum Gasteiger partial charge on any atom is 0.0741 e. The van der Waals surface area contributed by atoms with Gasteiger partial charge in [-0.3, -0.25) is 0 Å². The number of nitrogens with one attached hydrogen (secondary N) is 1. The number of halogens is 1. The van der Waals surface area contributed by atoms with Gasteiger partial charge in [0, 0.05) is 28.8 Å². The van der Waals surface area contributed by atoms with E-state index >= 15 is 0 Å². The van der Waals surface area contributed by atoms with Crippen LogP contribution >= 0.6 is 23.4 Å². The molecule has 0 aliphatic carbocycles. The van der Waals surface area contributed by atoms with Gasteiger partial charge in [-0.1, -0.05) is 11.6 Å². The molecule has 90 valence electrons. The van der Waals surface area contributed by atoms with Gasteiger partial charge in [-0.05, 0) is 38.3 Å². The minimum absolute atomic E-state index is 0.161. The Balaban J connectivity index is 2.82. The summed E-state index contributed by atoms with van der Waals surface area (Å²) in [5, 5.41) is 4.17. The highest BCUT2D eigenvalue weighted by atomic mass is 35.5. The van der Waals surface area contributed by atoms with Crippen molar-refractivity contribution in [2.75, 3.05) is 18.7 Å². The summed E-state index contributed by atoms with van der Waals surface area (Å²) in [5.74, 6) is 0. The minimum atomic E-state index is 0.161. The molecule has 0 saturated carbocycles. The van der Waals surface area contributed by atoms with Gasteiger partial charge in [0.25, 0.3) is 0 Å². The van der Waals surface area contributed by atoms with Crippen LogP contribution in [0.1, 0.15) is 13.8 Å². The summed E-state index contributed by atoms with van der Waals surface area (Å²) in [7, 11) is 1.72. The molecule has 0 heterocycles. The largest absolute Gasteiger partial charge is 0.380 e. The van der Waals surface area contributed by atoms with Gasteiger partial charge < -0.3 is 10.1 Å². The van der Waals surface area contributed by atoms with Crippen molar-refractivity contribution in [3.8, 4) is 0 Å². The van der Waals surface area contributed by atoms with Crippen molar-refractivity contribution >= 4 is 29.1 Å². The number of hydrogen-bond donors (Lipinski definition) is 1. The lowest BCUT2D eigenvalue weighted by Crippen LogP contribution is -2.29. The number of anilines is 1. The number of hydrogen-bond acceptors (Lipinski definition) is 3. The minimum Gasteiger partial charge on any atom is -0.380 e. The Kier molecular flexibility index (Phi) is 5.46. The summed E-state index contributed by atoms with van der Waals surface area (Å²) in [5.41, 5.74) is 1.07. The topological polar surface area (TPSA) is 21.3 Å². The van der Waals surface area contributed by atoms with Crippen molar-refractivity contribution in [2.24, 2.45) is 0 Å². The molecule has 1 aromatic carbocycles. The molecule has 1 aromatic rings. The van der Waals surface area contributed by atoms with Gasteiger partial charge in [0.05, 0.1) is 6.10 Å². The van der Waals surface area contributed by atoms with Crippen LogP contribution in [0.2, 0.25) is 5.02 Å². The normalized spacial score (nSPS) is 14.6. The molecule has 2 nitrogen and oxygen atoms in total. The summed E-state index contributed by atoms with van der Waals surface area (Å²) in [4.78, 5) is 1.19. The zero-order valence-electron chi connectivity index (χ0n) is 10.1. The fourth-order valence-corrected chi connectivity index (χ4v) is 2.07. The quantitative estimate of drug-likeness (QED) is 0.811. The molecule has 2 atom stereocenters. The fourth-order valence-electron chi connectivity index (χ4n) is 1.36. The second-order valence-corrected chi connectivity index (χ2v) is 5.00. The number of rotatable bonds is 5. The Morgan fingerprint density at radius 1 is 1.38 bits per heavy atom. The Morgan fingerprint density at radius 2 is 2.06 bits per heavy atom. The molecule has 0 spiro atoms. The molecule has 1 rings (SSSR count). The van der Waals surface area contributed by atoms with Gasteiger partial charge in [-0.2, -0.15) is 0 Å². The molecule has 16 heavy (non-hydrogen) atoms. The highest BCUT2D eigenvalue weighted by Gasteiger charge is 2.12. The lowest BCUT2D eigenvalue weighted by Gasteiger charge is -2.22. The van der Waals surface area contributed by atoms with Crippen LogP contribution in [0.5, 0.6) is 0 Å². The van der Waals surface area contributed by atoms with E-state index in [0.717, 1.165) is 10.7 Å². The molecular weight excluding hydrogens is 242 g/mol. The lowest BCUT2D eigenvalue weighted by atomic mass is 10.2. The van der Waals surface area contributed by atoms with Crippen molar-refractivity contribution in [2.45, 2.75) is 30.9 Å². The number of ether oxygens (including phenoxy) is 1. The summed E-state index contributed by atoms with van der Waals surface area (Å²) in [6, 6.07) is 6.13. The van der Waals surface area contributed by atoms with E-state index in [4.69, 9.17) is 16.3 Å². The van der Waals surface area contributed by atoms with Crippen LogP contribution in [0.15, 0.2) is 23.1 Å². The van der Waals surface area contributed by atoms with Crippen molar-refractivity contribution in [1.29, 1.82) is 0 Å². The van der Waals surface area contributed by atoms with Crippen molar-refractivity contribution in [1.82, 2.24) is 0 Å². The average molecular weight is 260 g/mol. The molecule has 1 N–H and O–H groups in total. The van der Waals surface area contributed by atoms with E-state index in [1.807, 2.05) is 25.1 Å². The monoisotopic (exact) mass is 259 g/mol. The molecule has 0 bridgehead atoms. The smallest absolute Gasteiger partial charge is 0.0741 e. The second kappa shape index (κ2) is 6.38. The number of methoxy groups -OCH3 is 1. The van der Waals surface area contributed by atoms with Crippen molar-refractivity contribution < 1.29 is 4.74 Å². The molecule has 4 heteroatoms. The Morgan fingerprint density at radius 3 is 2.62 bits per heavy atom. The van der Waals surface area contributed by atoms with Crippen LogP contribution in [0.3, 0.4) is 0 Å². The highest BCUT2D eigenvalue weighted by molar-refractivity contribution is 7.98. The third kappa shape index (κ3) is 3.58. The van der Waals surface area contributed by atoms with E-state index in [1.54, 1.807) is 18.9 Å². The number of thioether (sulfide) groups is 1. The van der Waals surface area contributed by atoms with Gasteiger partial charge in [-0.15, -0.1) is 11.8 Å². The third-order valence-electron chi connectivity index (χ3n) is 2.62. The van der Waals surface area contributed by atoms with E-state index in [0.29, 0.717) is 0 Å². The van der Waals surface area contributed by atoms with Crippen LogP contribution < -0.4 is 5.32 Å². The summed E-state index contributed by atoms with van der Waals surface area (Å²) >= 11 is 7.69. The second-order valence-electron chi connectivity index (χ2n) is 3.72. The lowest BCUT2D eigenvalue weighted by molar-refractivity contribution is 0.106. The van der Waals surface area contributed by atoms with Crippen LogP contribution in [-0.2, 0) is 4.74 Å². The van der Waals surface area contributed by atoms with E-state index in [1.165, 1.54) is 4.90 Å². The van der Waals surface area contributed by atoms with E-state index < -0.39 is 0 Å². The van der Waals surface area contributed by atoms with Crippen LogP contribution in [0.25, 0.3) is 0 Å². The summed E-state index contributed by atoms with van der Waals surface area (Å²) in [6.07, 6.45) is 2.22. The van der Waals surface area contributed by atoms with E-state index in [-0.39, 0.29) is 12.1 Å². The molecule has 0 saturated heterocycles. The molecule has 0 fully saturated rings. The SMILES string of the molecule is COC(C)C(C)Nc1cc(Cl)ccc1SC. The van der Waals surface area contributed by atoms with E-state index in [9.17, 15) is 0 Å². The van der Waals surface area contributed by atoms with E-state index in [2.05, 4.69) is 18.5 Å². The Hall–Kier alpha value is -0.380. The average Bonchev–Trinajstić information content (AvgIpc) is 2.28. The van der Waals surface area contributed by atoms with Crippen molar-refractivity contribution in [3.63, 3.8) is 0 Å². The molecular formula is C12H18ClNOS. The molecule has 2 unspecified atom stereocenters. The molecule has 0 radical (unpaired) electrons. The Bertz CT molecular complexity index is 346. The van der Waals surface area contributed by atoms with Gasteiger partial charge in [-0.25, -0.2) is 0 Å². The first-order valence-corrected chi connectivity index (χ1v) is 6.81. The predicted octanol–water partition coefficient (Wildman–Crippen LogP) is 3.90. The van der Waals surface area contributed by atoms with Gasteiger partial charge in [0.1, 0.15) is 0 Å². The highest BCUT2D eigenvalue weighted by Crippen LogP contribution is 2.29. The number of benzene rings is 1. The Labute approximate surface area is 107 Å². The van der Waals surface area contributed by atoms with Crippen LogP contribution in [0.4, 0.5) is 5.69 Å². The van der Waals surface area contributed by atoms with Gasteiger partial charge in [0.2, 0.25) is 0 Å². The third-order valence-corrected chi connectivity index (χ3v) is 3.65. The summed E-state index contributed by atoms with van der Waals surface area (Å²) in [6.45, 7) is 4.14. The molecule has 0 aliphatic rings. The fraction of sp³-hybridized carbons (Fsp3) is 0.500. The molecule has 0 aliphatic heterocycles. The first-order chi connectivity index (χ1) is 7.58. The zero-order chi connectivity index (χ0) is 12.1. The predicted molar refractivity (Wildman–Crippen MR) is 72.8 cm³/mol. The van der Waals surface area contributed by atoms with Gasteiger partial charge >= 0.3 is 0 Å². The van der Waals surface area contributed by atoms with Crippen LogP contribution in [-0.4, -0.2) is 25.5 Å². The maximum absolute atomic E-state index is 5.99. The maximum atomic E-state index is 5.99. The molecule has 0 amide bonds. The standard InChI is InChI=1S/C12H18ClNOS/c1-8(9(2)15-3)14-11-7-10(13)5-6-12(11)16-4/h5-9,14H,1-4H3. The first kappa shape index (κ1) is 13.7. The van der Waals surface area contributed by atoms with Crippen molar-refractivity contribution in [3.05, 3.63) is 23.2 Å². The molecule has 0 aromatic heterocycles. The zero-order valence-corrected chi connectivity index (χ0v) is 11.7.